The minimum atomic E-state index is -3.39. The van der Waals surface area contributed by atoms with Crippen molar-refractivity contribution in [1.29, 1.82) is 0 Å². The predicted molar refractivity (Wildman–Crippen MR) is 73.9 cm³/mol. The Balaban J connectivity index is 2.19. The lowest BCUT2D eigenvalue weighted by molar-refractivity contribution is 0.349. The van der Waals surface area contributed by atoms with Gasteiger partial charge >= 0.3 is 10.2 Å². The summed E-state index contributed by atoms with van der Waals surface area (Å²) >= 11 is 0. The van der Waals surface area contributed by atoms with Crippen LogP contribution in [0, 0.1) is 13.8 Å². The Morgan fingerprint density at radius 3 is 2.44 bits per heavy atom. The van der Waals surface area contributed by atoms with Crippen molar-refractivity contribution in [3.05, 3.63) is 29.3 Å². The smallest absolute Gasteiger partial charge is 0.271 e. The summed E-state index contributed by atoms with van der Waals surface area (Å²) in [5.41, 5.74) is 2.76. The van der Waals surface area contributed by atoms with Crippen LogP contribution in [-0.2, 0) is 10.2 Å². The molecule has 5 heteroatoms. The Bertz CT molecular complexity index is 520. The van der Waals surface area contributed by atoms with Gasteiger partial charge in [0.25, 0.3) is 0 Å². The van der Waals surface area contributed by atoms with Gasteiger partial charge in [-0.2, -0.15) is 12.7 Å². The Labute approximate surface area is 109 Å². The van der Waals surface area contributed by atoms with Crippen molar-refractivity contribution in [3.8, 4) is 0 Å². The fraction of sp³-hybridized carbons (Fsp3) is 0.538. The number of benzene rings is 1. The van der Waals surface area contributed by atoms with E-state index >= 15 is 0 Å². The summed E-state index contributed by atoms with van der Waals surface area (Å²) in [6, 6.07) is 5.66. The number of aryl methyl sites for hydroxylation is 1. The van der Waals surface area contributed by atoms with Gasteiger partial charge in [0.05, 0.1) is 5.69 Å². The summed E-state index contributed by atoms with van der Waals surface area (Å²) < 4.78 is 28.7. The maximum Gasteiger partial charge on any atom is 0.301 e. The van der Waals surface area contributed by atoms with Crippen LogP contribution in [0.2, 0.25) is 0 Å². The lowest BCUT2D eigenvalue weighted by Gasteiger charge is -2.26. The third kappa shape index (κ3) is 2.84. The fourth-order valence-electron chi connectivity index (χ4n) is 2.17. The Morgan fingerprint density at radius 2 is 1.78 bits per heavy atom. The third-order valence-corrected chi connectivity index (χ3v) is 5.02. The molecule has 1 aliphatic heterocycles. The van der Waals surface area contributed by atoms with Crippen LogP contribution in [0.5, 0.6) is 0 Å². The molecule has 0 unspecified atom stereocenters. The van der Waals surface area contributed by atoms with E-state index in [9.17, 15) is 8.42 Å². The van der Waals surface area contributed by atoms with Crippen molar-refractivity contribution in [2.75, 3.05) is 17.8 Å². The van der Waals surface area contributed by atoms with Crippen molar-refractivity contribution in [1.82, 2.24) is 4.31 Å². The second kappa shape index (κ2) is 5.28. The molecule has 0 radical (unpaired) electrons. The van der Waals surface area contributed by atoms with E-state index in [1.807, 2.05) is 32.0 Å². The first-order valence-corrected chi connectivity index (χ1v) is 7.79. The highest BCUT2D eigenvalue weighted by molar-refractivity contribution is 7.90. The Morgan fingerprint density at radius 1 is 1.11 bits per heavy atom. The number of anilines is 1. The average molecular weight is 268 g/mol. The summed E-state index contributed by atoms with van der Waals surface area (Å²) in [7, 11) is -3.39. The highest BCUT2D eigenvalue weighted by atomic mass is 32.2. The highest BCUT2D eigenvalue weighted by Crippen LogP contribution is 2.21. The number of hydrogen-bond donors (Lipinski definition) is 1. The van der Waals surface area contributed by atoms with Crippen LogP contribution in [0.4, 0.5) is 5.69 Å². The second-order valence-corrected chi connectivity index (χ2v) is 6.48. The molecule has 1 aromatic rings. The summed E-state index contributed by atoms with van der Waals surface area (Å²) in [4.78, 5) is 0. The summed E-state index contributed by atoms with van der Waals surface area (Å²) in [6.07, 6.45) is 3.02. The van der Waals surface area contributed by atoms with E-state index in [1.165, 1.54) is 4.31 Å². The molecule has 1 heterocycles. The topological polar surface area (TPSA) is 49.4 Å². The van der Waals surface area contributed by atoms with Gasteiger partial charge in [-0.3, -0.25) is 4.72 Å². The first-order valence-electron chi connectivity index (χ1n) is 6.35. The molecule has 0 atom stereocenters. The van der Waals surface area contributed by atoms with Crippen LogP contribution < -0.4 is 4.72 Å². The van der Waals surface area contributed by atoms with Gasteiger partial charge in [0.1, 0.15) is 0 Å². The number of nitrogens with zero attached hydrogens (tertiary/aromatic N) is 1. The minimum absolute atomic E-state index is 0.625. The molecule has 1 aliphatic rings. The number of hydrogen-bond acceptors (Lipinski definition) is 2. The van der Waals surface area contributed by atoms with Gasteiger partial charge in [0.15, 0.2) is 0 Å². The van der Waals surface area contributed by atoms with Gasteiger partial charge in [-0.15, -0.1) is 0 Å². The van der Waals surface area contributed by atoms with Gasteiger partial charge in [0, 0.05) is 13.1 Å². The zero-order valence-corrected chi connectivity index (χ0v) is 11.8. The monoisotopic (exact) mass is 268 g/mol. The molecule has 0 amide bonds. The van der Waals surface area contributed by atoms with Crippen LogP contribution in [0.1, 0.15) is 30.4 Å². The van der Waals surface area contributed by atoms with Crippen molar-refractivity contribution in [2.45, 2.75) is 33.1 Å². The number of piperidine rings is 1. The van der Waals surface area contributed by atoms with Crippen molar-refractivity contribution < 1.29 is 8.42 Å². The molecule has 0 aromatic heterocycles. The normalized spacial score (nSPS) is 17.7. The predicted octanol–water partition coefficient (Wildman–Crippen LogP) is 2.45. The van der Waals surface area contributed by atoms with Gasteiger partial charge in [-0.05, 0) is 43.9 Å². The number of nitrogens with one attached hydrogen (secondary N) is 1. The van der Waals surface area contributed by atoms with E-state index in [-0.39, 0.29) is 0 Å². The van der Waals surface area contributed by atoms with E-state index in [1.54, 1.807) is 0 Å². The van der Waals surface area contributed by atoms with Gasteiger partial charge in [-0.1, -0.05) is 18.6 Å². The van der Waals surface area contributed by atoms with E-state index in [2.05, 4.69) is 4.72 Å². The lowest BCUT2D eigenvalue weighted by atomic mass is 10.1. The van der Waals surface area contributed by atoms with Crippen LogP contribution in [-0.4, -0.2) is 25.8 Å². The van der Waals surface area contributed by atoms with Crippen molar-refractivity contribution in [3.63, 3.8) is 0 Å². The Hall–Kier alpha value is -1.07. The van der Waals surface area contributed by atoms with Crippen LogP contribution in [0.25, 0.3) is 0 Å². The summed E-state index contributed by atoms with van der Waals surface area (Å²) in [5, 5.41) is 0. The number of rotatable bonds is 3. The molecule has 0 aliphatic carbocycles. The maximum absolute atomic E-state index is 12.2. The molecule has 100 valence electrons. The SMILES string of the molecule is Cc1cccc(NS(=O)(=O)N2CCCCC2)c1C. The minimum Gasteiger partial charge on any atom is -0.271 e. The summed E-state index contributed by atoms with van der Waals surface area (Å²) in [5.74, 6) is 0. The van der Waals surface area contributed by atoms with Crippen LogP contribution in [0.15, 0.2) is 18.2 Å². The fourth-order valence-corrected chi connectivity index (χ4v) is 3.54. The molecule has 1 saturated heterocycles. The zero-order chi connectivity index (χ0) is 13.2. The molecule has 4 nitrogen and oxygen atoms in total. The van der Waals surface area contributed by atoms with Crippen molar-refractivity contribution >= 4 is 15.9 Å². The van der Waals surface area contributed by atoms with E-state index in [4.69, 9.17) is 0 Å². The first kappa shape index (κ1) is 13.4. The van der Waals surface area contributed by atoms with Gasteiger partial charge in [-0.25, -0.2) is 0 Å². The highest BCUT2D eigenvalue weighted by Gasteiger charge is 2.24. The van der Waals surface area contributed by atoms with Crippen LogP contribution in [0.3, 0.4) is 0 Å². The molecule has 18 heavy (non-hydrogen) atoms. The molecule has 0 spiro atoms. The van der Waals surface area contributed by atoms with Gasteiger partial charge in [0.2, 0.25) is 0 Å². The molecular formula is C13H20N2O2S. The first-order chi connectivity index (χ1) is 8.50. The molecule has 0 bridgehead atoms. The van der Waals surface area contributed by atoms with E-state index in [0.717, 1.165) is 30.4 Å². The third-order valence-electron chi connectivity index (χ3n) is 3.50. The maximum atomic E-state index is 12.2. The van der Waals surface area contributed by atoms with E-state index in [0.29, 0.717) is 18.8 Å². The quantitative estimate of drug-likeness (QED) is 0.915. The van der Waals surface area contributed by atoms with Gasteiger partial charge < -0.3 is 0 Å². The van der Waals surface area contributed by atoms with E-state index < -0.39 is 10.2 Å². The molecule has 1 N–H and O–H groups in total. The van der Waals surface area contributed by atoms with Crippen LogP contribution >= 0.6 is 0 Å². The largest absolute Gasteiger partial charge is 0.301 e. The molecule has 1 aromatic carbocycles. The molecule has 1 fully saturated rings. The molecule has 0 saturated carbocycles. The average Bonchev–Trinajstić information content (AvgIpc) is 2.36. The second-order valence-electron chi connectivity index (χ2n) is 4.81. The van der Waals surface area contributed by atoms with Crippen molar-refractivity contribution in [2.24, 2.45) is 0 Å². The molecular weight excluding hydrogens is 248 g/mol. The Kier molecular flexibility index (Phi) is 3.92. The summed E-state index contributed by atoms with van der Waals surface area (Å²) in [6.45, 7) is 5.16. The molecule has 2 rings (SSSR count). The zero-order valence-electron chi connectivity index (χ0n) is 10.9. The lowest BCUT2D eigenvalue weighted by Crippen LogP contribution is -2.39. The standard InChI is InChI=1S/C13H20N2O2S/c1-11-7-6-8-13(12(11)2)14-18(16,17)15-9-4-3-5-10-15/h6-8,14H,3-5,9-10H2,1-2H3.